The molecule has 0 heterocycles. The van der Waals surface area contributed by atoms with Crippen LogP contribution in [0.4, 0.5) is 4.79 Å². The standard InChI is InChI=1S/C29H47N3O6/c1-11-29(9,10)32(26(35)23(19(3)4)31-27(36)38-28(6,7)8)24(21-15-13-20(5)14-16-21)25(34)30-18-17-22(33)37-12-2/h13-16,19,23-24H,11-12,17-18H2,1-10H3,(H,30,34)(H,31,36). The average molecular weight is 534 g/mol. The molecule has 1 rings (SSSR count). The van der Waals surface area contributed by atoms with Gasteiger partial charge in [0.25, 0.3) is 0 Å². The molecule has 9 heteroatoms. The van der Waals surface area contributed by atoms with Crippen LogP contribution in [0.25, 0.3) is 0 Å². The van der Waals surface area contributed by atoms with Crippen LogP contribution >= 0.6 is 0 Å². The quantitative estimate of drug-likeness (QED) is 0.378. The Balaban J connectivity index is 3.51. The Morgan fingerprint density at radius 2 is 1.55 bits per heavy atom. The van der Waals surface area contributed by atoms with Crippen molar-refractivity contribution in [2.45, 2.75) is 105 Å². The maximum atomic E-state index is 14.2. The molecule has 3 amide bonds. The van der Waals surface area contributed by atoms with E-state index in [4.69, 9.17) is 9.47 Å². The zero-order valence-corrected chi connectivity index (χ0v) is 24.8. The SMILES string of the molecule is CCOC(=O)CCNC(=O)C(c1ccc(C)cc1)N(C(=O)C(NC(=O)OC(C)(C)C)C(C)C)C(C)(C)CC. The first-order chi connectivity index (χ1) is 17.5. The van der Waals surface area contributed by atoms with Crippen molar-refractivity contribution in [2.75, 3.05) is 13.2 Å². The van der Waals surface area contributed by atoms with Crippen molar-refractivity contribution in [2.24, 2.45) is 5.92 Å². The highest BCUT2D eigenvalue weighted by Gasteiger charge is 2.43. The molecule has 0 aliphatic heterocycles. The molecule has 0 fully saturated rings. The number of amides is 3. The van der Waals surface area contributed by atoms with Gasteiger partial charge in [-0.05, 0) is 66.4 Å². The molecule has 0 spiro atoms. The van der Waals surface area contributed by atoms with E-state index in [1.165, 1.54) is 0 Å². The highest BCUT2D eigenvalue weighted by atomic mass is 16.6. The van der Waals surface area contributed by atoms with Gasteiger partial charge in [0.2, 0.25) is 11.8 Å². The summed E-state index contributed by atoms with van der Waals surface area (Å²) >= 11 is 0. The Kier molecular flexibility index (Phi) is 12.3. The lowest BCUT2D eigenvalue weighted by molar-refractivity contribution is -0.150. The zero-order valence-electron chi connectivity index (χ0n) is 24.8. The summed E-state index contributed by atoms with van der Waals surface area (Å²) in [6, 6.07) is 5.48. The fourth-order valence-corrected chi connectivity index (χ4v) is 3.83. The second-order valence-electron chi connectivity index (χ2n) is 11.4. The smallest absolute Gasteiger partial charge is 0.408 e. The van der Waals surface area contributed by atoms with Crippen molar-refractivity contribution in [1.82, 2.24) is 15.5 Å². The van der Waals surface area contributed by atoms with Crippen LogP contribution < -0.4 is 10.6 Å². The number of ether oxygens (including phenoxy) is 2. The molecule has 38 heavy (non-hydrogen) atoms. The van der Waals surface area contributed by atoms with Gasteiger partial charge in [-0.1, -0.05) is 50.6 Å². The molecule has 0 aliphatic rings. The van der Waals surface area contributed by atoms with E-state index in [1.54, 1.807) is 32.6 Å². The van der Waals surface area contributed by atoms with Gasteiger partial charge < -0.3 is 25.0 Å². The summed E-state index contributed by atoms with van der Waals surface area (Å²) in [4.78, 5) is 54.0. The first-order valence-electron chi connectivity index (χ1n) is 13.4. The molecule has 0 aliphatic carbocycles. The molecule has 2 atom stereocenters. The van der Waals surface area contributed by atoms with Crippen LogP contribution in [0.2, 0.25) is 0 Å². The van der Waals surface area contributed by atoms with E-state index >= 15 is 0 Å². The molecule has 0 aromatic heterocycles. The summed E-state index contributed by atoms with van der Waals surface area (Å²) < 4.78 is 10.4. The van der Waals surface area contributed by atoms with Crippen LogP contribution in [0.15, 0.2) is 24.3 Å². The third kappa shape index (κ3) is 9.99. The summed E-state index contributed by atoms with van der Waals surface area (Å²) in [5.74, 6) is -1.52. The fourth-order valence-electron chi connectivity index (χ4n) is 3.83. The van der Waals surface area contributed by atoms with Crippen LogP contribution in [0.3, 0.4) is 0 Å². The van der Waals surface area contributed by atoms with E-state index in [9.17, 15) is 19.2 Å². The number of aryl methyl sites for hydroxylation is 1. The van der Waals surface area contributed by atoms with Gasteiger partial charge >= 0.3 is 12.1 Å². The van der Waals surface area contributed by atoms with Gasteiger partial charge in [-0.3, -0.25) is 14.4 Å². The van der Waals surface area contributed by atoms with Crippen molar-refractivity contribution in [3.8, 4) is 0 Å². The van der Waals surface area contributed by atoms with Crippen molar-refractivity contribution < 1.29 is 28.7 Å². The second kappa shape index (κ2) is 14.2. The third-order valence-electron chi connectivity index (χ3n) is 6.19. The third-order valence-corrected chi connectivity index (χ3v) is 6.19. The van der Waals surface area contributed by atoms with Gasteiger partial charge in [-0.25, -0.2) is 4.79 Å². The first-order valence-corrected chi connectivity index (χ1v) is 13.4. The molecule has 0 saturated carbocycles. The zero-order chi connectivity index (χ0) is 29.3. The topological polar surface area (TPSA) is 114 Å². The Labute approximate surface area is 228 Å². The number of nitrogens with zero attached hydrogens (tertiary/aromatic N) is 1. The monoisotopic (exact) mass is 533 g/mol. The maximum Gasteiger partial charge on any atom is 0.408 e. The first kappa shape index (κ1) is 32.9. The molecule has 0 saturated heterocycles. The van der Waals surface area contributed by atoms with Crippen molar-refractivity contribution in [3.63, 3.8) is 0 Å². The molecular formula is C29H47N3O6. The van der Waals surface area contributed by atoms with Gasteiger partial charge in [0.05, 0.1) is 13.0 Å². The van der Waals surface area contributed by atoms with Crippen LogP contribution in [0, 0.1) is 12.8 Å². The van der Waals surface area contributed by atoms with E-state index in [2.05, 4.69) is 10.6 Å². The van der Waals surface area contributed by atoms with Crippen LogP contribution in [-0.2, 0) is 23.9 Å². The van der Waals surface area contributed by atoms with Gasteiger partial charge in [-0.2, -0.15) is 0 Å². The van der Waals surface area contributed by atoms with E-state index in [0.717, 1.165) is 5.56 Å². The predicted octanol–water partition coefficient (Wildman–Crippen LogP) is 4.67. The molecule has 0 radical (unpaired) electrons. The number of carbonyl (C=O) groups is 4. The lowest BCUT2D eigenvalue weighted by atomic mass is 9.90. The second-order valence-corrected chi connectivity index (χ2v) is 11.4. The number of rotatable bonds is 12. The average Bonchev–Trinajstić information content (AvgIpc) is 2.80. The van der Waals surface area contributed by atoms with E-state index in [-0.39, 0.29) is 25.5 Å². The fraction of sp³-hybridized carbons (Fsp3) is 0.655. The minimum absolute atomic E-state index is 0.0140. The molecule has 214 valence electrons. The number of hydrogen-bond acceptors (Lipinski definition) is 6. The lowest BCUT2D eigenvalue weighted by Gasteiger charge is -2.45. The summed E-state index contributed by atoms with van der Waals surface area (Å²) in [6.45, 7) is 18.6. The predicted molar refractivity (Wildman–Crippen MR) is 147 cm³/mol. The van der Waals surface area contributed by atoms with Crippen molar-refractivity contribution >= 4 is 23.9 Å². The normalized spacial score (nSPS) is 13.3. The molecule has 1 aromatic rings. The Morgan fingerprint density at radius 3 is 2.03 bits per heavy atom. The van der Waals surface area contributed by atoms with E-state index in [0.29, 0.717) is 12.0 Å². The van der Waals surface area contributed by atoms with Gasteiger partial charge in [-0.15, -0.1) is 0 Å². The Bertz CT molecular complexity index is 950. The number of benzene rings is 1. The van der Waals surface area contributed by atoms with Gasteiger partial charge in [0.1, 0.15) is 17.7 Å². The summed E-state index contributed by atoms with van der Waals surface area (Å²) in [7, 11) is 0. The number of nitrogens with one attached hydrogen (secondary N) is 2. The van der Waals surface area contributed by atoms with E-state index < -0.39 is 47.1 Å². The summed E-state index contributed by atoms with van der Waals surface area (Å²) in [6.07, 6.45) is -0.140. The molecule has 1 aromatic carbocycles. The van der Waals surface area contributed by atoms with Crippen LogP contribution in [0.5, 0.6) is 0 Å². The molecule has 9 nitrogen and oxygen atoms in total. The summed E-state index contributed by atoms with van der Waals surface area (Å²) in [5.41, 5.74) is 0.141. The highest BCUT2D eigenvalue weighted by Crippen LogP contribution is 2.33. The van der Waals surface area contributed by atoms with E-state index in [1.807, 2.05) is 65.8 Å². The Hall–Kier alpha value is -3.10. The van der Waals surface area contributed by atoms with Crippen molar-refractivity contribution in [3.05, 3.63) is 35.4 Å². The lowest BCUT2D eigenvalue weighted by Crippen LogP contribution is -2.60. The molecule has 2 unspecified atom stereocenters. The number of alkyl carbamates (subject to hydrolysis) is 1. The highest BCUT2D eigenvalue weighted by molar-refractivity contribution is 5.93. The molecule has 0 bridgehead atoms. The Morgan fingerprint density at radius 1 is 0.974 bits per heavy atom. The number of esters is 1. The number of hydrogen-bond donors (Lipinski definition) is 2. The molecule has 2 N–H and O–H groups in total. The van der Waals surface area contributed by atoms with Gasteiger partial charge in [0, 0.05) is 12.1 Å². The number of carbonyl (C=O) groups excluding carboxylic acids is 4. The minimum atomic E-state index is -0.998. The van der Waals surface area contributed by atoms with Crippen LogP contribution in [-0.4, -0.2) is 59.1 Å². The van der Waals surface area contributed by atoms with Gasteiger partial charge in [0.15, 0.2) is 0 Å². The minimum Gasteiger partial charge on any atom is -0.466 e. The molecular weight excluding hydrogens is 486 g/mol. The summed E-state index contributed by atoms with van der Waals surface area (Å²) in [5, 5.41) is 5.54. The van der Waals surface area contributed by atoms with Crippen LogP contribution in [0.1, 0.15) is 92.3 Å². The maximum absolute atomic E-state index is 14.2. The largest absolute Gasteiger partial charge is 0.466 e. The van der Waals surface area contributed by atoms with Crippen molar-refractivity contribution in [1.29, 1.82) is 0 Å².